The van der Waals surface area contributed by atoms with Crippen molar-refractivity contribution in [2.45, 2.75) is 0 Å². The Hall–Kier alpha value is -0.260. The van der Waals surface area contributed by atoms with Crippen molar-refractivity contribution in [2.24, 2.45) is 0 Å². The molecule has 82 valence electrons. The third-order valence-corrected chi connectivity index (χ3v) is 3.54. The molecule has 0 saturated heterocycles. The first kappa shape index (κ1) is 11.8. The Morgan fingerprint density at radius 1 is 1.43 bits per heavy atom. The molecule has 14 heavy (non-hydrogen) atoms. The molecule has 0 fully saturated rings. The number of phosphoric ester groups is 1. The molecule has 0 amide bonds. The van der Waals surface area contributed by atoms with Gasteiger partial charge in [-0.25, -0.2) is 4.57 Å². The second kappa shape index (κ2) is 4.08. The van der Waals surface area contributed by atoms with Gasteiger partial charge in [0.15, 0.2) is 13.1 Å². The third kappa shape index (κ3) is 2.62. The molecule has 0 bridgehead atoms. The van der Waals surface area contributed by atoms with Crippen LogP contribution in [0.3, 0.4) is 0 Å². The summed E-state index contributed by atoms with van der Waals surface area (Å²) >= 11 is 0. The van der Waals surface area contributed by atoms with Gasteiger partial charge in [-0.15, -0.1) is 0 Å². The predicted octanol–water partition coefficient (Wildman–Crippen LogP) is 0.450. The summed E-state index contributed by atoms with van der Waals surface area (Å²) in [5.41, 5.74) is 0. The maximum Gasteiger partial charge on any atom is 0.520 e. The lowest BCUT2D eigenvalue weighted by Crippen LogP contribution is -2.40. The normalized spacial score (nSPS) is 27.9. The van der Waals surface area contributed by atoms with Crippen molar-refractivity contribution in [3.05, 3.63) is 0 Å². The Labute approximate surface area is 83.8 Å². The number of hydrogen-bond donors (Lipinski definition) is 0. The summed E-state index contributed by atoms with van der Waals surface area (Å²) in [5, 5.41) is 0. The standard InChI is InChI=1S/C7H17N2O4P/c1-8-5-6-9(2,7-8)13-14(10,11-3)12-4/h7H,5-6H2,1-4H3/q+2. The van der Waals surface area contributed by atoms with Gasteiger partial charge in [-0.2, -0.15) is 4.58 Å². The highest BCUT2D eigenvalue weighted by Gasteiger charge is 2.43. The lowest BCUT2D eigenvalue weighted by atomic mass is 10.6. The Balaban J connectivity index is 2.73. The van der Waals surface area contributed by atoms with Gasteiger partial charge in [0, 0.05) is 14.2 Å². The molecule has 6 nitrogen and oxygen atoms in total. The third-order valence-electron chi connectivity index (χ3n) is 2.07. The molecule has 0 aromatic carbocycles. The van der Waals surface area contributed by atoms with Gasteiger partial charge in [-0.05, 0) is 0 Å². The van der Waals surface area contributed by atoms with E-state index in [9.17, 15) is 4.57 Å². The summed E-state index contributed by atoms with van der Waals surface area (Å²) in [7, 11) is 2.92. The topological polar surface area (TPSA) is 47.8 Å². The van der Waals surface area contributed by atoms with Crippen molar-refractivity contribution in [1.82, 2.24) is 0 Å². The Bertz CT molecular complexity index is 285. The van der Waals surface area contributed by atoms with Gasteiger partial charge in [0.2, 0.25) is 0 Å². The number of phosphoric acid groups is 1. The van der Waals surface area contributed by atoms with E-state index in [1.54, 1.807) is 7.05 Å². The molecule has 0 saturated carbocycles. The largest absolute Gasteiger partial charge is 0.520 e. The van der Waals surface area contributed by atoms with E-state index in [-0.39, 0.29) is 4.65 Å². The molecular formula is C7H17N2O4P+2. The SMILES string of the molecule is COP(=O)(OC)O[N+]1(C)C=[N+](C)CC1. The molecule has 1 rings (SSSR count). The number of likely N-dealkylation sites (N-methyl/N-ethyl adjacent to an activating group) is 2. The molecule has 0 aromatic heterocycles. The molecule has 1 atom stereocenters. The lowest BCUT2D eigenvalue weighted by molar-refractivity contribution is -0.985. The van der Waals surface area contributed by atoms with Gasteiger partial charge >= 0.3 is 14.2 Å². The fraction of sp³-hybridized carbons (Fsp3) is 0.857. The lowest BCUT2D eigenvalue weighted by Gasteiger charge is -2.21. The van der Waals surface area contributed by atoms with Gasteiger partial charge in [0.1, 0.15) is 14.1 Å². The minimum atomic E-state index is -3.41. The molecular weight excluding hydrogens is 207 g/mol. The van der Waals surface area contributed by atoms with Crippen LogP contribution in [0.25, 0.3) is 0 Å². The fourth-order valence-corrected chi connectivity index (χ4v) is 2.18. The fourth-order valence-electron chi connectivity index (χ4n) is 1.32. The molecule has 0 aromatic rings. The van der Waals surface area contributed by atoms with Crippen molar-refractivity contribution in [2.75, 3.05) is 41.4 Å². The predicted molar refractivity (Wildman–Crippen MR) is 50.9 cm³/mol. The molecule has 0 spiro atoms. The van der Waals surface area contributed by atoms with E-state index in [1.807, 2.05) is 18.0 Å². The average Bonchev–Trinajstić information content (AvgIpc) is 2.46. The maximum atomic E-state index is 11.7. The van der Waals surface area contributed by atoms with Gasteiger partial charge in [0.05, 0.1) is 0 Å². The summed E-state index contributed by atoms with van der Waals surface area (Å²) < 4.78 is 28.5. The molecule has 1 unspecified atom stereocenters. The Morgan fingerprint density at radius 2 is 2.00 bits per heavy atom. The van der Waals surface area contributed by atoms with Crippen LogP contribution in [-0.2, 0) is 18.2 Å². The number of hydroxylamine groups is 3. The van der Waals surface area contributed by atoms with Crippen LogP contribution >= 0.6 is 7.82 Å². The van der Waals surface area contributed by atoms with E-state index in [2.05, 4.69) is 0 Å². The van der Waals surface area contributed by atoms with Crippen LogP contribution < -0.4 is 0 Å². The zero-order valence-electron chi connectivity index (χ0n) is 8.97. The minimum absolute atomic E-state index is 0.107. The summed E-state index contributed by atoms with van der Waals surface area (Å²) in [5.74, 6) is 0. The second-order valence-corrected chi connectivity index (χ2v) is 5.18. The van der Waals surface area contributed by atoms with Crippen molar-refractivity contribution < 1.29 is 27.5 Å². The van der Waals surface area contributed by atoms with E-state index in [1.165, 1.54) is 14.2 Å². The van der Waals surface area contributed by atoms with Gasteiger partial charge in [0.25, 0.3) is 0 Å². The zero-order chi connectivity index (χ0) is 10.8. The van der Waals surface area contributed by atoms with Crippen LogP contribution in [0.5, 0.6) is 0 Å². The Kier molecular flexibility index (Phi) is 3.44. The van der Waals surface area contributed by atoms with Crippen LogP contribution in [0.1, 0.15) is 0 Å². The van der Waals surface area contributed by atoms with E-state index in [0.29, 0.717) is 6.54 Å². The molecule has 1 aliphatic rings. The van der Waals surface area contributed by atoms with Crippen LogP contribution in [0, 0.1) is 0 Å². The zero-order valence-corrected chi connectivity index (χ0v) is 9.86. The monoisotopic (exact) mass is 224 g/mol. The maximum absolute atomic E-state index is 11.7. The molecule has 7 heteroatoms. The van der Waals surface area contributed by atoms with E-state index in [0.717, 1.165) is 6.54 Å². The van der Waals surface area contributed by atoms with Gasteiger partial charge < -0.3 is 0 Å². The van der Waals surface area contributed by atoms with Crippen molar-refractivity contribution in [3.63, 3.8) is 0 Å². The number of hydrogen-bond acceptors (Lipinski definition) is 4. The quantitative estimate of drug-likeness (QED) is 0.395. The number of quaternary nitrogens is 1. The van der Waals surface area contributed by atoms with Gasteiger partial charge in [-0.1, -0.05) is 9.27 Å². The first-order valence-corrected chi connectivity index (χ1v) is 5.73. The van der Waals surface area contributed by atoms with E-state index < -0.39 is 7.82 Å². The molecule has 0 radical (unpaired) electrons. The molecule has 0 N–H and O–H groups in total. The minimum Gasteiger partial charge on any atom is -0.287 e. The van der Waals surface area contributed by atoms with Crippen LogP contribution in [0.15, 0.2) is 0 Å². The molecule has 0 aliphatic carbocycles. The van der Waals surface area contributed by atoms with E-state index in [4.69, 9.17) is 13.7 Å². The summed E-state index contributed by atoms with van der Waals surface area (Å²) in [6.45, 7) is 1.57. The van der Waals surface area contributed by atoms with Crippen molar-refractivity contribution in [3.8, 4) is 0 Å². The average molecular weight is 224 g/mol. The van der Waals surface area contributed by atoms with Crippen molar-refractivity contribution in [1.29, 1.82) is 0 Å². The number of rotatable bonds is 4. The Morgan fingerprint density at radius 3 is 2.36 bits per heavy atom. The smallest absolute Gasteiger partial charge is 0.287 e. The first-order valence-electron chi connectivity index (χ1n) is 4.27. The summed E-state index contributed by atoms with van der Waals surface area (Å²) in [4.78, 5) is 0. The second-order valence-electron chi connectivity index (χ2n) is 3.39. The summed E-state index contributed by atoms with van der Waals surface area (Å²) in [6.07, 6.45) is 1.82. The number of nitrogens with zero attached hydrogens (tertiary/aromatic N) is 2. The highest BCUT2D eigenvalue weighted by atomic mass is 31.2. The van der Waals surface area contributed by atoms with Crippen LogP contribution in [0.4, 0.5) is 0 Å². The highest BCUT2D eigenvalue weighted by molar-refractivity contribution is 7.48. The van der Waals surface area contributed by atoms with Crippen LogP contribution in [0.2, 0.25) is 0 Å². The molecule has 1 aliphatic heterocycles. The van der Waals surface area contributed by atoms with Crippen LogP contribution in [-0.4, -0.2) is 57.0 Å². The molecule has 1 heterocycles. The van der Waals surface area contributed by atoms with Crippen molar-refractivity contribution >= 4 is 14.2 Å². The van der Waals surface area contributed by atoms with Gasteiger partial charge in [-0.3, -0.25) is 9.05 Å². The summed E-state index contributed by atoms with van der Waals surface area (Å²) in [6, 6.07) is 0. The van der Waals surface area contributed by atoms with E-state index >= 15 is 0 Å². The first-order chi connectivity index (χ1) is 6.43. The highest BCUT2D eigenvalue weighted by Crippen LogP contribution is 2.49.